The number of aromatic hydroxyl groups is 4. The van der Waals surface area contributed by atoms with Crippen LogP contribution >= 0.6 is 0 Å². The lowest BCUT2D eigenvalue weighted by Crippen LogP contribution is -2.54. The quantitative estimate of drug-likeness (QED) is 0.153. The van der Waals surface area contributed by atoms with E-state index in [1.165, 1.54) is 19.1 Å². The summed E-state index contributed by atoms with van der Waals surface area (Å²) in [6.07, 6.45) is 8.21. The molecule has 0 aliphatic heterocycles. The van der Waals surface area contributed by atoms with Gasteiger partial charge >= 0.3 is 5.97 Å². The summed E-state index contributed by atoms with van der Waals surface area (Å²) in [6, 6.07) is 21.3. The molecule has 12 bridgehead atoms. The minimum absolute atomic E-state index is 0.0657. The molecule has 0 spiro atoms. The van der Waals surface area contributed by atoms with Crippen molar-refractivity contribution < 1.29 is 30.0 Å². The number of carbonyl (C=O) groups is 1. The van der Waals surface area contributed by atoms with Crippen molar-refractivity contribution in [2.75, 3.05) is 7.11 Å². The Bertz CT molecular complexity index is 1800. The van der Waals surface area contributed by atoms with Gasteiger partial charge in [-0.05, 0) is 111 Å². The van der Waals surface area contributed by atoms with Crippen LogP contribution in [0, 0.1) is 17.3 Å². The highest BCUT2D eigenvalue weighted by Crippen LogP contribution is 2.67. The highest BCUT2D eigenvalue weighted by atomic mass is 16.5. The number of para-hydroxylation sites is 3. The standard InChI is InChI=1S/C41H42O6/c1-47-35(42)22-40-18-24-11-25(19-40)21-41(20-24,23-40)34-16-32-14-30-9-3-7-28(37(30)44)12-26-5-2-6-27(36(26)43)13-29-8-4-10-31(38(29)45)15-33(17-34)39(32)46/h2-10,16-17,24-25,43-46H,11-15,18-23H2,1H3/t24-,25+,40?,41?. The van der Waals surface area contributed by atoms with E-state index in [4.69, 9.17) is 4.74 Å². The molecular weight excluding hydrogens is 588 g/mol. The van der Waals surface area contributed by atoms with E-state index in [9.17, 15) is 25.2 Å². The van der Waals surface area contributed by atoms with Crippen molar-refractivity contribution in [1.29, 1.82) is 0 Å². The van der Waals surface area contributed by atoms with Crippen LogP contribution in [0.5, 0.6) is 23.0 Å². The fourth-order valence-electron chi connectivity index (χ4n) is 10.3. The molecule has 4 fully saturated rings. The molecule has 4 aromatic carbocycles. The number of phenolic OH excluding ortho intramolecular Hbond substituents is 4. The lowest BCUT2D eigenvalue weighted by Gasteiger charge is -2.62. The molecule has 2 unspecified atom stereocenters. The van der Waals surface area contributed by atoms with Gasteiger partial charge in [-0.25, -0.2) is 0 Å². The lowest BCUT2D eigenvalue weighted by molar-refractivity contribution is -0.150. The van der Waals surface area contributed by atoms with Crippen LogP contribution in [0.3, 0.4) is 0 Å². The van der Waals surface area contributed by atoms with Crippen molar-refractivity contribution in [3.8, 4) is 23.0 Å². The topological polar surface area (TPSA) is 107 Å². The number of hydrogen-bond donors (Lipinski definition) is 4. The van der Waals surface area contributed by atoms with Crippen molar-refractivity contribution in [2.24, 2.45) is 17.3 Å². The third-order valence-electron chi connectivity index (χ3n) is 11.9. The SMILES string of the molecule is COC(=O)CC12C[C@H]3C[C@@H](C1)CC(c1cc4c(O)c(c1)Cc1cccc(c1O)Cc1cccc(c1O)Cc1cccc(c1O)C4)(C3)C2. The van der Waals surface area contributed by atoms with Crippen LogP contribution < -0.4 is 0 Å². The normalized spacial score (nSPS) is 25.8. The number of esters is 1. The zero-order valence-electron chi connectivity index (χ0n) is 26.9. The molecule has 0 amide bonds. The first-order chi connectivity index (χ1) is 22.6. The Balaban J connectivity index is 1.29. The Labute approximate surface area is 275 Å². The van der Waals surface area contributed by atoms with E-state index in [2.05, 4.69) is 12.1 Å². The van der Waals surface area contributed by atoms with Gasteiger partial charge in [-0.1, -0.05) is 66.7 Å². The maximum Gasteiger partial charge on any atom is 0.306 e. The number of benzene rings is 4. The van der Waals surface area contributed by atoms with Crippen LogP contribution in [-0.2, 0) is 40.6 Å². The molecule has 0 aromatic heterocycles. The fraction of sp³-hybridized carbons (Fsp3) is 0.390. The number of ether oxygens (including phenoxy) is 1. The van der Waals surface area contributed by atoms with Gasteiger partial charge in [0.2, 0.25) is 0 Å². The van der Waals surface area contributed by atoms with Crippen LogP contribution in [0.15, 0.2) is 66.7 Å². The number of methoxy groups -OCH3 is 1. The molecule has 4 atom stereocenters. The van der Waals surface area contributed by atoms with Crippen molar-refractivity contribution in [3.05, 3.63) is 117 Å². The summed E-state index contributed by atoms with van der Waals surface area (Å²) < 4.78 is 5.17. The van der Waals surface area contributed by atoms with Gasteiger partial charge in [-0.2, -0.15) is 0 Å². The van der Waals surface area contributed by atoms with Gasteiger partial charge in [0.25, 0.3) is 0 Å². The van der Waals surface area contributed by atoms with Gasteiger partial charge in [0, 0.05) is 25.7 Å². The number of fused-ring (bicyclic) bond motifs is 8. The second-order valence-corrected chi connectivity index (χ2v) is 15.1. The van der Waals surface area contributed by atoms with E-state index in [-0.39, 0.29) is 39.8 Å². The predicted octanol–water partition coefficient (Wildman–Crippen LogP) is 7.59. The second kappa shape index (κ2) is 11.1. The number of carbonyl (C=O) groups excluding carboxylic acids is 1. The number of hydrogen-bond acceptors (Lipinski definition) is 6. The van der Waals surface area contributed by atoms with Gasteiger partial charge in [0.05, 0.1) is 13.5 Å². The summed E-state index contributed by atoms with van der Waals surface area (Å²) in [6.45, 7) is 0. The van der Waals surface area contributed by atoms with E-state index < -0.39 is 0 Å². The molecule has 6 nitrogen and oxygen atoms in total. The summed E-state index contributed by atoms with van der Waals surface area (Å²) in [4.78, 5) is 12.6. The van der Waals surface area contributed by atoms with Crippen LogP contribution in [0.25, 0.3) is 0 Å². The Kier molecular flexibility index (Phi) is 7.05. The molecular formula is C41H42O6. The van der Waals surface area contributed by atoms with Crippen molar-refractivity contribution in [1.82, 2.24) is 0 Å². The van der Waals surface area contributed by atoms with Crippen LogP contribution in [0.1, 0.15) is 95.0 Å². The van der Waals surface area contributed by atoms with E-state index in [0.717, 1.165) is 43.2 Å². The molecule has 47 heavy (non-hydrogen) atoms. The maximum atomic E-state index is 12.6. The van der Waals surface area contributed by atoms with E-state index in [0.29, 0.717) is 77.3 Å². The molecule has 0 saturated heterocycles. The Morgan fingerprint density at radius 1 is 0.638 bits per heavy atom. The van der Waals surface area contributed by atoms with E-state index in [1.54, 1.807) is 0 Å². The average molecular weight is 631 g/mol. The fourth-order valence-corrected chi connectivity index (χ4v) is 10.3. The molecule has 6 heteroatoms. The van der Waals surface area contributed by atoms with Crippen LogP contribution in [-0.4, -0.2) is 33.5 Å². The smallest absolute Gasteiger partial charge is 0.306 e. The largest absolute Gasteiger partial charge is 0.507 e. The van der Waals surface area contributed by atoms with Gasteiger partial charge in [0.1, 0.15) is 23.0 Å². The highest BCUT2D eigenvalue weighted by Gasteiger charge is 2.58. The molecule has 5 aliphatic rings. The first-order valence-corrected chi connectivity index (χ1v) is 17.0. The van der Waals surface area contributed by atoms with Gasteiger partial charge in [0.15, 0.2) is 0 Å². The predicted molar refractivity (Wildman–Crippen MR) is 179 cm³/mol. The third-order valence-corrected chi connectivity index (χ3v) is 11.9. The Morgan fingerprint density at radius 3 is 1.43 bits per heavy atom. The first kappa shape index (κ1) is 29.9. The zero-order chi connectivity index (χ0) is 32.5. The third kappa shape index (κ3) is 5.13. The minimum Gasteiger partial charge on any atom is -0.507 e. The Morgan fingerprint density at radius 2 is 1.02 bits per heavy atom. The zero-order valence-corrected chi connectivity index (χ0v) is 26.9. The van der Waals surface area contributed by atoms with Crippen LogP contribution in [0.2, 0.25) is 0 Å². The number of rotatable bonds is 3. The van der Waals surface area contributed by atoms with E-state index >= 15 is 0 Å². The van der Waals surface area contributed by atoms with Crippen LogP contribution in [0.4, 0.5) is 0 Å². The molecule has 4 N–H and O–H groups in total. The minimum atomic E-state index is -0.132. The Hall–Kier alpha value is -4.45. The summed E-state index contributed by atoms with van der Waals surface area (Å²) >= 11 is 0. The average Bonchev–Trinajstić information content (AvgIpc) is 3.03. The molecule has 0 radical (unpaired) electrons. The van der Waals surface area contributed by atoms with Crippen molar-refractivity contribution in [2.45, 2.75) is 76.0 Å². The summed E-state index contributed by atoms with van der Waals surface area (Å²) in [5, 5.41) is 46.2. The first-order valence-electron chi connectivity index (χ1n) is 17.0. The second-order valence-electron chi connectivity index (χ2n) is 15.1. The molecule has 4 aromatic rings. The lowest BCUT2D eigenvalue weighted by atomic mass is 9.42. The van der Waals surface area contributed by atoms with E-state index in [1.807, 2.05) is 54.6 Å². The molecule has 9 rings (SSSR count). The van der Waals surface area contributed by atoms with Gasteiger partial charge in [-0.3, -0.25) is 4.79 Å². The molecule has 5 aliphatic carbocycles. The van der Waals surface area contributed by atoms with Gasteiger partial charge < -0.3 is 25.2 Å². The highest BCUT2D eigenvalue weighted by molar-refractivity contribution is 5.70. The molecule has 4 saturated carbocycles. The molecule has 242 valence electrons. The monoisotopic (exact) mass is 630 g/mol. The molecule has 0 heterocycles. The summed E-state index contributed by atoms with van der Waals surface area (Å²) in [5.74, 6) is 1.68. The van der Waals surface area contributed by atoms with Gasteiger partial charge in [-0.15, -0.1) is 0 Å². The summed E-state index contributed by atoms with van der Waals surface area (Å²) in [5.41, 5.74) is 6.74. The maximum absolute atomic E-state index is 12.6. The summed E-state index contributed by atoms with van der Waals surface area (Å²) in [7, 11) is 1.48. The number of phenols is 4. The van der Waals surface area contributed by atoms with Crippen molar-refractivity contribution >= 4 is 5.97 Å². The van der Waals surface area contributed by atoms with Crippen molar-refractivity contribution in [3.63, 3.8) is 0 Å².